The van der Waals surface area contributed by atoms with Crippen LogP contribution in [0.4, 0.5) is 0 Å². The maximum atomic E-state index is 9.26. The highest BCUT2D eigenvalue weighted by Crippen LogP contribution is 2.24. The van der Waals surface area contributed by atoms with Crippen molar-refractivity contribution in [1.82, 2.24) is 10.2 Å². The maximum Gasteiger partial charge on any atom is 0.134 e. The van der Waals surface area contributed by atoms with Gasteiger partial charge in [-0.3, -0.25) is 5.10 Å². The summed E-state index contributed by atoms with van der Waals surface area (Å²) in [5.41, 5.74) is 1.02. The first-order chi connectivity index (χ1) is 5.83. The summed E-state index contributed by atoms with van der Waals surface area (Å²) in [6.07, 6.45) is 1.52. The molecule has 58 valence electrons. The van der Waals surface area contributed by atoms with Crippen LogP contribution in [0.2, 0.25) is 0 Å². The van der Waals surface area contributed by atoms with E-state index in [1.165, 1.54) is 12.3 Å². The van der Waals surface area contributed by atoms with Crippen molar-refractivity contribution in [1.29, 1.82) is 5.26 Å². The van der Waals surface area contributed by atoms with Gasteiger partial charge in [-0.2, -0.15) is 10.4 Å². The van der Waals surface area contributed by atoms with Crippen LogP contribution in [0.1, 0.15) is 5.56 Å². The molecule has 0 saturated carbocycles. The number of hydrogen-bond acceptors (Lipinski definition) is 3. The lowest BCUT2D eigenvalue weighted by molar-refractivity contribution is 0.474. The standard InChI is InChI=1S/C8H5N3O/c9-3-5-6-4-10-11-7(6)1-2-8(5)12/h1-2,4,12H,(H,10,11). The third-order valence-corrected chi connectivity index (χ3v) is 1.71. The second kappa shape index (κ2) is 2.24. The molecule has 4 nitrogen and oxygen atoms in total. The Balaban J connectivity index is 2.94. The average Bonchev–Trinajstić information content (AvgIpc) is 2.52. The minimum absolute atomic E-state index is 0.00796. The summed E-state index contributed by atoms with van der Waals surface area (Å²) in [6, 6.07) is 5.06. The third-order valence-electron chi connectivity index (χ3n) is 1.71. The van der Waals surface area contributed by atoms with Gasteiger partial charge in [0.25, 0.3) is 0 Å². The van der Waals surface area contributed by atoms with E-state index in [4.69, 9.17) is 5.26 Å². The zero-order chi connectivity index (χ0) is 8.55. The molecule has 0 bridgehead atoms. The lowest BCUT2D eigenvalue weighted by atomic mass is 10.1. The van der Waals surface area contributed by atoms with Gasteiger partial charge in [-0.1, -0.05) is 0 Å². The first-order valence-electron chi connectivity index (χ1n) is 3.38. The van der Waals surface area contributed by atoms with E-state index in [1.807, 2.05) is 6.07 Å². The number of aromatic hydroxyl groups is 1. The van der Waals surface area contributed by atoms with E-state index in [0.717, 1.165) is 5.52 Å². The second-order valence-electron chi connectivity index (χ2n) is 2.40. The number of benzene rings is 1. The predicted octanol–water partition coefficient (Wildman–Crippen LogP) is 1.14. The largest absolute Gasteiger partial charge is 0.507 e. The van der Waals surface area contributed by atoms with Crippen LogP contribution in [0.5, 0.6) is 5.75 Å². The number of phenolic OH excluding ortho intramolecular Hbond substituents is 1. The highest BCUT2D eigenvalue weighted by atomic mass is 16.3. The maximum absolute atomic E-state index is 9.26. The van der Waals surface area contributed by atoms with Crippen molar-refractivity contribution < 1.29 is 5.11 Å². The lowest BCUT2D eigenvalue weighted by Gasteiger charge is -1.94. The number of aromatic nitrogens is 2. The molecule has 0 saturated heterocycles. The molecule has 0 spiro atoms. The zero-order valence-corrected chi connectivity index (χ0v) is 6.07. The molecule has 1 aromatic heterocycles. The van der Waals surface area contributed by atoms with Crippen LogP contribution in [-0.4, -0.2) is 15.3 Å². The van der Waals surface area contributed by atoms with Crippen LogP contribution < -0.4 is 0 Å². The van der Waals surface area contributed by atoms with Gasteiger partial charge in [-0.05, 0) is 12.1 Å². The minimum Gasteiger partial charge on any atom is -0.507 e. The summed E-state index contributed by atoms with van der Waals surface area (Å²) in [5, 5.41) is 25.1. The molecule has 0 aliphatic heterocycles. The molecule has 1 aromatic carbocycles. The number of nitrogens with one attached hydrogen (secondary N) is 1. The number of hydrogen-bond donors (Lipinski definition) is 2. The van der Waals surface area contributed by atoms with Crippen molar-refractivity contribution in [2.75, 3.05) is 0 Å². The number of H-pyrrole nitrogens is 1. The van der Waals surface area contributed by atoms with Crippen LogP contribution in [0.15, 0.2) is 18.3 Å². The molecule has 0 radical (unpaired) electrons. The molecule has 0 atom stereocenters. The van der Waals surface area contributed by atoms with Crippen LogP contribution >= 0.6 is 0 Å². The molecule has 2 rings (SSSR count). The number of aromatic amines is 1. The molecule has 2 N–H and O–H groups in total. The summed E-state index contributed by atoms with van der Waals surface area (Å²) in [7, 11) is 0. The van der Waals surface area contributed by atoms with E-state index < -0.39 is 0 Å². The Hall–Kier alpha value is -2.02. The van der Waals surface area contributed by atoms with Crippen LogP contribution in [-0.2, 0) is 0 Å². The number of phenols is 1. The van der Waals surface area contributed by atoms with Gasteiger partial charge in [0.1, 0.15) is 17.4 Å². The van der Waals surface area contributed by atoms with Crippen LogP contribution in [0.25, 0.3) is 10.9 Å². The van der Waals surface area contributed by atoms with E-state index in [1.54, 1.807) is 6.07 Å². The Kier molecular flexibility index (Phi) is 1.25. The van der Waals surface area contributed by atoms with E-state index in [2.05, 4.69) is 10.2 Å². The fourth-order valence-corrected chi connectivity index (χ4v) is 1.12. The molecular weight excluding hydrogens is 154 g/mol. The molecule has 0 aliphatic carbocycles. The highest BCUT2D eigenvalue weighted by molar-refractivity contribution is 5.86. The fraction of sp³-hybridized carbons (Fsp3) is 0. The van der Waals surface area contributed by atoms with E-state index >= 15 is 0 Å². The minimum atomic E-state index is -0.00796. The van der Waals surface area contributed by atoms with Crippen molar-refractivity contribution >= 4 is 10.9 Å². The smallest absolute Gasteiger partial charge is 0.134 e. The predicted molar refractivity (Wildman–Crippen MR) is 42.5 cm³/mol. The first-order valence-corrected chi connectivity index (χ1v) is 3.38. The molecule has 4 heteroatoms. The Morgan fingerprint density at radius 3 is 3.08 bits per heavy atom. The zero-order valence-electron chi connectivity index (χ0n) is 6.07. The van der Waals surface area contributed by atoms with Gasteiger partial charge >= 0.3 is 0 Å². The molecule has 1 heterocycles. The van der Waals surface area contributed by atoms with Crippen LogP contribution in [0, 0.1) is 11.3 Å². The van der Waals surface area contributed by atoms with Gasteiger partial charge < -0.3 is 5.11 Å². The summed E-state index contributed by atoms with van der Waals surface area (Å²) in [5.74, 6) is -0.00796. The SMILES string of the molecule is N#Cc1c(O)ccc2[nH]ncc12. The van der Waals surface area contributed by atoms with Crippen LogP contribution in [0.3, 0.4) is 0 Å². The third kappa shape index (κ3) is 0.736. The highest BCUT2D eigenvalue weighted by Gasteiger charge is 2.06. The summed E-state index contributed by atoms with van der Waals surface area (Å²) in [4.78, 5) is 0. The molecule has 2 aromatic rings. The Morgan fingerprint density at radius 2 is 2.33 bits per heavy atom. The quantitative estimate of drug-likeness (QED) is 0.605. The molecule has 12 heavy (non-hydrogen) atoms. The van der Waals surface area contributed by atoms with Gasteiger partial charge in [-0.25, -0.2) is 0 Å². The normalized spacial score (nSPS) is 9.92. The monoisotopic (exact) mass is 159 g/mol. The second-order valence-corrected chi connectivity index (χ2v) is 2.40. The Bertz CT molecular complexity index is 467. The molecule has 0 aliphatic rings. The Labute approximate surface area is 68.1 Å². The average molecular weight is 159 g/mol. The van der Waals surface area contributed by atoms with Crippen molar-refractivity contribution in [2.45, 2.75) is 0 Å². The van der Waals surface area contributed by atoms with Crippen molar-refractivity contribution in [3.8, 4) is 11.8 Å². The molecular formula is C8H5N3O. The van der Waals surface area contributed by atoms with E-state index in [0.29, 0.717) is 5.39 Å². The number of fused-ring (bicyclic) bond motifs is 1. The Morgan fingerprint density at radius 1 is 1.50 bits per heavy atom. The van der Waals surface area contributed by atoms with Gasteiger partial charge in [0, 0.05) is 5.39 Å². The first kappa shape index (κ1) is 6.68. The van der Waals surface area contributed by atoms with E-state index in [9.17, 15) is 5.11 Å². The number of nitriles is 1. The van der Waals surface area contributed by atoms with Crippen molar-refractivity contribution in [2.24, 2.45) is 0 Å². The number of nitrogens with zero attached hydrogens (tertiary/aromatic N) is 2. The summed E-state index contributed by atoms with van der Waals surface area (Å²) >= 11 is 0. The molecule has 0 unspecified atom stereocenters. The topological polar surface area (TPSA) is 72.7 Å². The molecule has 0 fully saturated rings. The van der Waals surface area contributed by atoms with Gasteiger partial charge in [0.15, 0.2) is 0 Å². The van der Waals surface area contributed by atoms with Gasteiger partial charge in [-0.15, -0.1) is 0 Å². The van der Waals surface area contributed by atoms with Crippen molar-refractivity contribution in [3.63, 3.8) is 0 Å². The lowest BCUT2D eigenvalue weighted by Crippen LogP contribution is -1.77. The van der Waals surface area contributed by atoms with Gasteiger partial charge in [0.2, 0.25) is 0 Å². The fourth-order valence-electron chi connectivity index (χ4n) is 1.12. The van der Waals surface area contributed by atoms with Crippen molar-refractivity contribution in [3.05, 3.63) is 23.9 Å². The number of rotatable bonds is 0. The summed E-state index contributed by atoms with van der Waals surface area (Å²) in [6.45, 7) is 0. The van der Waals surface area contributed by atoms with E-state index in [-0.39, 0.29) is 11.3 Å². The summed E-state index contributed by atoms with van der Waals surface area (Å²) < 4.78 is 0. The van der Waals surface area contributed by atoms with Gasteiger partial charge in [0.05, 0.1) is 11.7 Å². The molecule has 0 amide bonds.